The lowest BCUT2D eigenvalue weighted by molar-refractivity contribution is 0.0324. The molecule has 0 spiro atoms. The summed E-state index contributed by atoms with van der Waals surface area (Å²) in [4.78, 5) is 7.05. The minimum Gasteiger partial charge on any atom is -0.496 e. The van der Waals surface area contributed by atoms with E-state index in [1.807, 2.05) is 36.6 Å². The minimum absolute atomic E-state index is 0.00429. The average molecular weight is 684 g/mol. The number of methoxy groups -OCH3 is 1. The van der Waals surface area contributed by atoms with Gasteiger partial charge in [0.25, 0.3) is 0 Å². The number of imidazole rings is 1. The summed E-state index contributed by atoms with van der Waals surface area (Å²) in [6, 6.07) is 14.9. The standard InChI is InChI=1S/C37H44F3N3O4S/c1-25-21-26(8-13-34(25)44-5)37(2)14-6-7-33-35(37)43(28-11-9-27(38)10-12-28)36(41-33)48-24-30-31(39)22-29(23-32(30)40)47-20-19-46-18-17-45-16-15-42(3)4/h8-13,21-23H,6-7,14-20,24H2,1-5H3. The zero-order chi connectivity index (χ0) is 34.3. The van der Waals surface area contributed by atoms with Crippen molar-refractivity contribution in [2.24, 2.45) is 0 Å². The first-order chi connectivity index (χ1) is 23.1. The van der Waals surface area contributed by atoms with E-state index in [4.69, 9.17) is 23.9 Å². The number of nitrogens with zero attached hydrogens (tertiary/aromatic N) is 3. The van der Waals surface area contributed by atoms with Gasteiger partial charge in [0.1, 0.15) is 35.6 Å². The Bertz CT molecular complexity index is 1660. The molecule has 3 aromatic carbocycles. The number of thioether (sulfide) groups is 1. The number of aromatic nitrogens is 2. The van der Waals surface area contributed by atoms with Gasteiger partial charge in [-0.25, -0.2) is 18.2 Å². The van der Waals surface area contributed by atoms with Gasteiger partial charge in [0.15, 0.2) is 5.16 Å². The first-order valence-electron chi connectivity index (χ1n) is 16.2. The van der Waals surface area contributed by atoms with Crippen molar-refractivity contribution in [3.05, 3.63) is 100 Å². The maximum absolute atomic E-state index is 15.3. The van der Waals surface area contributed by atoms with Gasteiger partial charge in [0.05, 0.1) is 44.9 Å². The molecule has 4 aromatic rings. The highest BCUT2D eigenvalue weighted by molar-refractivity contribution is 7.98. The Morgan fingerprint density at radius 2 is 1.60 bits per heavy atom. The molecule has 0 amide bonds. The molecule has 0 saturated carbocycles. The van der Waals surface area contributed by atoms with Crippen LogP contribution in [-0.4, -0.2) is 75.2 Å². The fourth-order valence-corrected chi connectivity index (χ4v) is 7.11. The Kier molecular flexibility index (Phi) is 12.1. The van der Waals surface area contributed by atoms with Gasteiger partial charge in [-0.1, -0.05) is 23.9 Å². The third-order valence-electron chi connectivity index (χ3n) is 8.66. The number of fused-ring (bicyclic) bond motifs is 1. The van der Waals surface area contributed by atoms with Crippen LogP contribution in [0.1, 0.15) is 47.8 Å². The molecular weight excluding hydrogens is 639 g/mol. The molecule has 1 aliphatic carbocycles. The van der Waals surface area contributed by atoms with Crippen LogP contribution in [0.5, 0.6) is 11.5 Å². The second kappa shape index (κ2) is 16.3. The summed E-state index contributed by atoms with van der Waals surface area (Å²) in [7, 11) is 5.61. The molecule has 0 saturated heterocycles. The molecule has 1 unspecified atom stereocenters. The van der Waals surface area contributed by atoms with Crippen molar-refractivity contribution in [3.63, 3.8) is 0 Å². The lowest BCUT2D eigenvalue weighted by atomic mass is 9.71. The van der Waals surface area contributed by atoms with Crippen molar-refractivity contribution in [1.29, 1.82) is 0 Å². The largest absolute Gasteiger partial charge is 0.496 e. The molecule has 7 nitrogen and oxygen atoms in total. The predicted molar refractivity (Wildman–Crippen MR) is 182 cm³/mol. The lowest BCUT2D eigenvalue weighted by Gasteiger charge is -2.36. The van der Waals surface area contributed by atoms with Gasteiger partial charge < -0.3 is 23.8 Å². The molecule has 0 bridgehead atoms. The molecular formula is C37H44F3N3O4S. The summed E-state index contributed by atoms with van der Waals surface area (Å²) < 4.78 is 68.7. The Morgan fingerprint density at radius 1 is 0.917 bits per heavy atom. The Hall–Kier alpha value is -3.51. The highest BCUT2D eigenvalue weighted by Crippen LogP contribution is 2.46. The number of benzene rings is 3. The fourth-order valence-electron chi connectivity index (χ4n) is 6.06. The molecule has 48 heavy (non-hydrogen) atoms. The topological polar surface area (TPSA) is 58.0 Å². The molecule has 258 valence electrons. The second-order valence-corrected chi connectivity index (χ2v) is 13.3. The maximum atomic E-state index is 15.3. The van der Waals surface area contributed by atoms with Gasteiger partial charge in [0, 0.05) is 41.1 Å². The molecule has 5 rings (SSSR count). The van der Waals surface area contributed by atoms with E-state index >= 15 is 8.78 Å². The third kappa shape index (κ3) is 8.37. The highest BCUT2D eigenvalue weighted by atomic mass is 32.2. The Labute approximate surface area is 285 Å². The van der Waals surface area contributed by atoms with Crippen molar-refractivity contribution < 1.29 is 32.1 Å². The van der Waals surface area contributed by atoms with Crippen LogP contribution >= 0.6 is 11.8 Å². The van der Waals surface area contributed by atoms with Crippen molar-refractivity contribution in [3.8, 4) is 17.2 Å². The zero-order valence-corrected chi connectivity index (χ0v) is 29.1. The average Bonchev–Trinajstić information content (AvgIpc) is 3.43. The van der Waals surface area contributed by atoms with Gasteiger partial charge in [-0.15, -0.1) is 0 Å². The van der Waals surface area contributed by atoms with E-state index in [2.05, 4.69) is 19.1 Å². The van der Waals surface area contributed by atoms with Crippen LogP contribution in [0.2, 0.25) is 0 Å². The maximum Gasteiger partial charge on any atom is 0.173 e. The Morgan fingerprint density at radius 3 is 2.27 bits per heavy atom. The Balaban J connectivity index is 1.33. The molecule has 1 aromatic heterocycles. The number of rotatable bonds is 16. The molecule has 0 radical (unpaired) electrons. The van der Waals surface area contributed by atoms with Crippen LogP contribution < -0.4 is 9.47 Å². The first-order valence-corrected chi connectivity index (χ1v) is 17.2. The van der Waals surface area contributed by atoms with Crippen molar-refractivity contribution in [1.82, 2.24) is 14.5 Å². The predicted octanol–water partition coefficient (Wildman–Crippen LogP) is 7.51. The van der Waals surface area contributed by atoms with Crippen molar-refractivity contribution in [2.75, 3.05) is 60.8 Å². The molecule has 11 heteroatoms. The molecule has 1 aliphatic rings. The van der Waals surface area contributed by atoms with E-state index in [-0.39, 0.29) is 36.1 Å². The molecule has 0 fully saturated rings. The molecule has 0 aliphatic heterocycles. The second-order valence-electron chi connectivity index (χ2n) is 12.4. The van der Waals surface area contributed by atoms with Gasteiger partial charge in [-0.05, 0) is 88.7 Å². The number of halogens is 3. The zero-order valence-electron chi connectivity index (χ0n) is 28.3. The van der Waals surface area contributed by atoms with E-state index in [1.54, 1.807) is 19.2 Å². The SMILES string of the molecule is COc1ccc(C2(C)CCCc3nc(SCc4c(F)cc(OCCOCCOCCN(C)C)cc4F)n(-c4ccc(F)cc4)c32)cc1C. The fraction of sp³-hybridized carbons (Fsp3) is 0.432. The van der Waals surface area contributed by atoms with Crippen molar-refractivity contribution in [2.45, 2.75) is 49.4 Å². The van der Waals surface area contributed by atoms with Crippen LogP contribution in [0.15, 0.2) is 59.8 Å². The third-order valence-corrected chi connectivity index (χ3v) is 9.63. The highest BCUT2D eigenvalue weighted by Gasteiger charge is 2.40. The van der Waals surface area contributed by atoms with Gasteiger partial charge >= 0.3 is 0 Å². The van der Waals surface area contributed by atoms with Crippen LogP contribution in [0.25, 0.3) is 5.69 Å². The summed E-state index contributed by atoms with van der Waals surface area (Å²) in [5.74, 6) is -0.833. The van der Waals surface area contributed by atoms with Crippen LogP contribution in [0.3, 0.4) is 0 Å². The summed E-state index contributed by atoms with van der Waals surface area (Å²) in [5, 5.41) is 0.590. The summed E-state index contributed by atoms with van der Waals surface area (Å²) in [6.45, 7) is 6.96. The smallest absolute Gasteiger partial charge is 0.173 e. The van der Waals surface area contributed by atoms with Crippen molar-refractivity contribution >= 4 is 11.8 Å². The van der Waals surface area contributed by atoms with Gasteiger partial charge in [-0.2, -0.15) is 0 Å². The van der Waals surface area contributed by atoms with E-state index in [0.717, 1.165) is 59.8 Å². The normalized spacial score (nSPS) is 15.9. The number of hydrogen-bond donors (Lipinski definition) is 0. The molecule has 0 N–H and O–H groups in total. The number of hydrogen-bond acceptors (Lipinski definition) is 7. The van der Waals surface area contributed by atoms with Crippen LogP contribution in [0.4, 0.5) is 13.2 Å². The summed E-state index contributed by atoms with van der Waals surface area (Å²) in [6.07, 6.45) is 2.58. The first kappa shape index (κ1) is 35.8. The minimum atomic E-state index is -0.698. The van der Waals surface area contributed by atoms with E-state index in [9.17, 15) is 4.39 Å². The van der Waals surface area contributed by atoms with E-state index in [1.165, 1.54) is 36.0 Å². The lowest BCUT2D eigenvalue weighted by Crippen LogP contribution is -2.31. The van der Waals surface area contributed by atoms with E-state index in [0.29, 0.717) is 25.0 Å². The van der Waals surface area contributed by atoms with Crippen LogP contribution in [0, 0.1) is 24.4 Å². The number of aryl methyl sites for hydroxylation is 2. The van der Waals surface area contributed by atoms with Gasteiger partial charge in [0.2, 0.25) is 0 Å². The number of ether oxygens (including phenoxy) is 4. The number of likely N-dealkylation sites (N-methyl/N-ethyl adjacent to an activating group) is 1. The van der Waals surface area contributed by atoms with E-state index < -0.39 is 17.0 Å². The quantitative estimate of drug-likeness (QED) is 0.0895. The summed E-state index contributed by atoms with van der Waals surface area (Å²) in [5.41, 5.74) is 4.32. The van der Waals surface area contributed by atoms with Gasteiger partial charge in [-0.3, -0.25) is 4.57 Å². The molecule has 1 heterocycles. The van der Waals surface area contributed by atoms with Crippen LogP contribution in [-0.2, 0) is 27.1 Å². The molecule has 1 atom stereocenters. The monoisotopic (exact) mass is 683 g/mol. The summed E-state index contributed by atoms with van der Waals surface area (Å²) >= 11 is 1.25.